The zero-order valence-corrected chi connectivity index (χ0v) is 16.3. The van der Waals surface area contributed by atoms with E-state index in [1.54, 1.807) is 65.0 Å². The predicted molar refractivity (Wildman–Crippen MR) is 97.2 cm³/mol. The SMILES string of the molecule is CC(C)OC(=O)OCN(C(=O)OC(C)(C)C)[C@@H](Cc1ccccc1)C(=O)O. The lowest BCUT2D eigenvalue weighted by atomic mass is 10.1. The van der Waals surface area contributed by atoms with Gasteiger partial charge in [0.25, 0.3) is 0 Å². The molecule has 1 rings (SSSR count). The van der Waals surface area contributed by atoms with E-state index in [0.717, 1.165) is 4.90 Å². The van der Waals surface area contributed by atoms with Crippen LogP contribution in [-0.2, 0) is 25.4 Å². The first-order valence-corrected chi connectivity index (χ1v) is 8.59. The summed E-state index contributed by atoms with van der Waals surface area (Å²) in [6.07, 6.45) is -2.28. The number of aliphatic carboxylic acids is 1. The van der Waals surface area contributed by atoms with Crippen molar-refractivity contribution in [1.82, 2.24) is 4.90 Å². The quantitative estimate of drug-likeness (QED) is 0.570. The van der Waals surface area contributed by atoms with Gasteiger partial charge in [-0.1, -0.05) is 30.3 Å². The molecule has 0 aliphatic rings. The smallest absolute Gasteiger partial charge is 0.480 e. The monoisotopic (exact) mass is 381 g/mol. The summed E-state index contributed by atoms with van der Waals surface area (Å²) >= 11 is 0. The molecule has 1 amide bonds. The summed E-state index contributed by atoms with van der Waals surface area (Å²) < 4.78 is 15.0. The van der Waals surface area contributed by atoms with Gasteiger partial charge in [-0.05, 0) is 40.2 Å². The third kappa shape index (κ3) is 8.44. The van der Waals surface area contributed by atoms with Crippen LogP contribution in [0, 0.1) is 0 Å². The number of nitrogens with zero attached hydrogens (tertiary/aromatic N) is 1. The summed E-state index contributed by atoms with van der Waals surface area (Å²) in [6.45, 7) is 7.65. The Morgan fingerprint density at radius 1 is 1.11 bits per heavy atom. The van der Waals surface area contributed by atoms with Crippen molar-refractivity contribution in [3.05, 3.63) is 35.9 Å². The molecule has 150 valence electrons. The average Bonchev–Trinajstić information content (AvgIpc) is 2.52. The van der Waals surface area contributed by atoms with E-state index in [-0.39, 0.29) is 6.42 Å². The van der Waals surface area contributed by atoms with E-state index in [2.05, 4.69) is 0 Å². The maximum atomic E-state index is 12.5. The van der Waals surface area contributed by atoms with Crippen molar-refractivity contribution in [2.75, 3.05) is 6.73 Å². The number of carboxylic acid groups (broad SMARTS) is 1. The van der Waals surface area contributed by atoms with Gasteiger partial charge < -0.3 is 19.3 Å². The lowest BCUT2D eigenvalue weighted by molar-refractivity contribution is -0.145. The largest absolute Gasteiger partial charge is 0.510 e. The van der Waals surface area contributed by atoms with Gasteiger partial charge in [0.05, 0.1) is 6.10 Å². The van der Waals surface area contributed by atoms with Crippen LogP contribution in [0.5, 0.6) is 0 Å². The van der Waals surface area contributed by atoms with Crippen molar-refractivity contribution in [2.45, 2.75) is 58.8 Å². The molecule has 0 radical (unpaired) electrons. The van der Waals surface area contributed by atoms with Gasteiger partial charge in [-0.3, -0.25) is 4.90 Å². The third-order valence-electron chi connectivity index (χ3n) is 3.21. The van der Waals surface area contributed by atoms with Crippen molar-refractivity contribution in [2.24, 2.45) is 0 Å². The predicted octanol–water partition coefficient (Wildman–Crippen LogP) is 3.44. The number of ether oxygens (including phenoxy) is 3. The first kappa shape index (κ1) is 22.3. The van der Waals surface area contributed by atoms with Crippen LogP contribution in [0.2, 0.25) is 0 Å². The summed E-state index contributed by atoms with van der Waals surface area (Å²) in [7, 11) is 0. The highest BCUT2D eigenvalue weighted by atomic mass is 16.7. The summed E-state index contributed by atoms with van der Waals surface area (Å²) in [4.78, 5) is 36.9. The standard InChI is InChI=1S/C19H27NO7/c1-13(2)26-18(24)25-12-20(17(23)27-19(3,4)5)15(16(21)22)11-14-9-7-6-8-10-14/h6-10,13,15H,11-12H2,1-5H3,(H,21,22)/t15-/m0/s1. The van der Waals surface area contributed by atoms with Gasteiger partial charge in [0, 0.05) is 6.42 Å². The van der Waals surface area contributed by atoms with Gasteiger partial charge in [0.15, 0.2) is 6.73 Å². The van der Waals surface area contributed by atoms with Crippen molar-refractivity contribution in [3.63, 3.8) is 0 Å². The molecule has 0 heterocycles. The Labute approximate surface area is 159 Å². The van der Waals surface area contributed by atoms with Gasteiger partial charge in [-0.25, -0.2) is 14.4 Å². The molecule has 1 aromatic carbocycles. The van der Waals surface area contributed by atoms with E-state index in [1.807, 2.05) is 0 Å². The molecule has 0 spiro atoms. The second-order valence-corrected chi connectivity index (χ2v) is 7.18. The first-order valence-electron chi connectivity index (χ1n) is 8.59. The van der Waals surface area contributed by atoms with Crippen molar-refractivity contribution >= 4 is 18.2 Å². The first-order chi connectivity index (χ1) is 12.5. The number of amides is 1. The van der Waals surface area contributed by atoms with Gasteiger partial charge in [0.1, 0.15) is 11.6 Å². The summed E-state index contributed by atoms with van der Waals surface area (Å²) in [5.74, 6) is -1.24. The molecule has 1 N–H and O–H groups in total. The molecule has 0 unspecified atom stereocenters. The second kappa shape index (κ2) is 9.80. The van der Waals surface area contributed by atoms with E-state index < -0.39 is 42.7 Å². The molecule has 8 heteroatoms. The molecule has 0 saturated heterocycles. The molecule has 0 aromatic heterocycles. The minimum Gasteiger partial charge on any atom is -0.480 e. The summed E-state index contributed by atoms with van der Waals surface area (Å²) in [5.41, 5.74) is -0.132. The third-order valence-corrected chi connectivity index (χ3v) is 3.21. The van der Waals surface area contributed by atoms with Crippen LogP contribution in [0.15, 0.2) is 30.3 Å². The van der Waals surface area contributed by atoms with Crippen LogP contribution in [0.4, 0.5) is 9.59 Å². The summed E-state index contributed by atoms with van der Waals surface area (Å²) in [6, 6.07) is 7.55. The van der Waals surface area contributed by atoms with Crippen LogP contribution in [0.1, 0.15) is 40.2 Å². The van der Waals surface area contributed by atoms with E-state index >= 15 is 0 Å². The topological polar surface area (TPSA) is 102 Å². The highest BCUT2D eigenvalue weighted by molar-refractivity contribution is 5.80. The Kier molecular flexibility index (Phi) is 8.08. The normalized spacial score (nSPS) is 12.2. The number of carbonyl (C=O) groups excluding carboxylic acids is 2. The zero-order chi connectivity index (χ0) is 20.6. The fourth-order valence-corrected chi connectivity index (χ4v) is 2.11. The fourth-order valence-electron chi connectivity index (χ4n) is 2.11. The van der Waals surface area contributed by atoms with Gasteiger partial charge in [-0.2, -0.15) is 0 Å². The number of hydrogen-bond donors (Lipinski definition) is 1. The van der Waals surface area contributed by atoms with E-state index in [4.69, 9.17) is 14.2 Å². The van der Waals surface area contributed by atoms with Gasteiger partial charge >= 0.3 is 18.2 Å². The Morgan fingerprint density at radius 3 is 2.19 bits per heavy atom. The maximum absolute atomic E-state index is 12.5. The van der Waals surface area contributed by atoms with Crippen LogP contribution in [-0.4, -0.2) is 52.7 Å². The minimum absolute atomic E-state index is 0.0258. The number of carbonyl (C=O) groups is 3. The number of benzene rings is 1. The van der Waals surface area contributed by atoms with Crippen LogP contribution < -0.4 is 0 Å². The molecule has 27 heavy (non-hydrogen) atoms. The fraction of sp³-hybridized carbons (Fsp3) is 0.526. The van der Waals surface area contributed by atoms with Crippen LogP contribution in [0.3, 0.4) is 0 Å². The number of rotatable bonds is 7. The lowest BCUT2D eigenvalue weighted by Crippen LogP contribution is -2.49. The maximum Gasteiger partial charge on any atom is 0.510 e. The summed E-state index contributed by atoms with van der Waals surface area (Å²) in [5, 5.41) is 9.64. The number of carboxylic acids is 1. The number of hydrogen-bond acceptors (Lipinski definition) is 6. The van der Waals surface area contributed by atoms with Gasteiger partial charge in [-0.15, -0.1) is 0 Å². The molecule has 0 saturated carbocycles. The second-order valence-electron chi connectivity index (χ2n) is 7.18. The zero-order valence-electron chi connectivity index (χ0n) is 16.3. The molecule has 1 atom stereocenters. The Morgan fingerprint density at radius 2 is 1.70 bits per heavy atom. The Bertz CT molecular complexity index is 637. The molecule has 0 bridgehead atoms. The van der Waals surface area contributed by atoms with E-state index in [9.17, 15) is 19.5 Å². The highest BCUT2D eigenvalue weighted by Crippen LogP contribution is 2.16. The van der Waals surface area contributed by atoms with E-state index in [1.165, 1.54) is 0 Å². The minimum atomic E-state index is -1.28. The van der Waals surface area contributed by atoms with Crippen molar-refractivity contribution in [3.8, 4) is 0 Å². The molecule has 0 aliphatic heterocycles. The Balaban J connectivity index is 3.01. The molecule has 0 fully saturated rings. The molecular weight excluding hydrogens is 354 g/mol. The Hall–Kier alpha value is -2.77. The molecule has 8 nitrogen and oxygen atoms in total. The molecule has 1 aromatic rings. The lowest BCUT2D eigenvalue weighted by Gasteiger charge is -2.31. The van der Waals surface area contributed by atoms with Crippen molar-refractivity contribution in [1.29, 1.82) is 0 Å². The van der Waals surface area contributed by atoms with Crippen molar-refractivity contribution < 1.29 is 33.7 Å². The van der Waals surface area contributed by atoms with E-state index in [0.29, 0.717) is 5.56 Å². The molecular formula is C19H27NO7. The van der Waals surface area contributed by atoms with Crippen LogP contribution in [0.25, 0.3) is 0 Å². The average molecular weight is 381 g/mol. The van der Waals surface area contributed by atoms with Gasteiger partial charge in [0.2, 0.25) is 0 Å². The van der Waals surface area contributed by atoms with Crippen LogP contribution >= 0.6 is 0 Å². The highest BCUT2D eigenvalue weighted by Gasteiger charge is 2.34. The molecule has 0 aliphatic carbocycles.